The highest BCUT2D eigenvalue weighted by Crippen LogP contribution is 2.10. The first-order valence-electron chi connectivity index (χ1n) is 11.1. The van der Waals surface area contributed by atoms with Gasteiger partial charge in [0.1, 0.15) is 13.2 Å². The fourth-order valence-corrected chi connectivity index (χ4v) is 2.85. The van der Waals surface area contributed by atoms with Gasteiger partial charge in [-0.05, 0) is 32.1 Å². The van der Waals surface area contributed by atoms with Gasteiger partial charge < -0.3 is 21.6 Å². The summed E-state index contributed by atoms with van der Waals surface area (Å²) < 4.78 is 6.11. The van der Waals surface area contributed by atoms with E-state index in [-0.39, 0.29) is 18.4 Å². The van der Waals surface area contributed by atoms with Gasteiger partial charge in [-0.1, -0.05) is 70.4 Å². The Morgan fingerprint density at radius 1 is 0.778 bits per heavy atom. The summed E-state index contributed by atoms with van der Waals surface area (Å²) in [6.45, 7) is 3.68. The van der Waals surface area contributed by atoms with Crippen LogP contribution in [-0.2, 0) is 9.53 Å². The van der Waals surface area contributed by atoms with Crippen LogP contribution in [0.3, 0.4) is 0 Å². The van der Waals surface area contributed by atoms with Crippen LogP contribution in [-0.4, -0.2) is 44.7 Å². The van der Waals surface area contributed by atoms with Crippen LogP contribution in [0.4, 0.5) is 0 Å². The molecule has 0 amide bonds. The van der Waals surface area contributed by atoms with Crippen molar-refractivity contribution in [3.05, 3.63) is 12.2 Å². The highest BCUT2D eigenvalue weighted by molar-refractivity contribution is 5.69. The molecule has 4 heteroatoms. The zero-order valence-corrected chi connectivity index (χ0v) is 19.4. The van der Waals surface area contributed by atoms with Crippen LogP contribution in [0.15, 0.2) is 12.2 Å². The number of carbonyl (C=O) groups is 1. The van der Waals surface area contributed by atoms with Crippen molar-refractivity contribution in [3.8, 4) is 0 Å². The lowest BCUT2D eigenvalue weighted by atomic mass is 10.1. The van der Waals surface area contributed by atoms with E-state index in [4.69, 9.17) is 4.74 Å². The van der Waals surface area contributed by atoms with E-state index in [1.165, 1.54) is 70.6 Å². The Morgan fingerprint density at radius 3 is 1.78 bits per heavy atom. The van der Waals surface area contributed by atoms with Gasteiger partial charge in [-0.3, -0.25) is 4.79 Å². The van der Waals surface area contributed by atoms with Crippen LogP contribution in [0, 0.1) is 0 Å². The third-order valence-electron chi connectivity index (χ3n) is 4.67. The maximum absolute atomic E-state index is 11.6. The first-order valence-corrected chi connectivity index (χ1v) is 11.1. The molecule has 0 bridgehead atoms. The SMILES string of the molecule is CCCCCCCCC=CCCCCCCCC(=O)OCC[N+](C)(C)C.[Cl-]. The topological polar surface area (TPSA) is 26.3 Å². The Kier molecular flexibility index (Phi) is 21.4. The van der Waals surface area contributed by atoms with Gasteiger partial charge in [0.05, 0.1) is 21.1 Å². The predicted octanol–water partition coefficient (Wildman–Crippen LogP) is 3.28. The van der Waals surface area contributed by atoms with E-state index in [9.17, 15) is 4.79 Å². The molecule has 0 aromatic rings. The summed E-state index contributed by atoms with van der Waals surface area (Å²) in [6.07, 6.45) is 22.0. The Bertz CT molecular complexity index is 351. The van der Waals surface area contributed by atoms with Crippen molar-refractivity contribution in [2.24, 2.45) is 0 Å². The van der Waals surface area contributed by atoms with Crippen LogP contribution in [0.25, 0.3) is 0 Å². The van der Waals surface area contributed by atoms with E-state index in [1.807, 2.05) is 0 Å². The van der Waals surface area contributed by atoms with Gasteiger partial charge in [-0.2, -0.15) is 0 Å². The number of carbonyl (C=O) groups excluding carboxylic acids is 1. The molecular formula is C23H46ClNO2. The summed E-state index contributed by atoms with van der Waals surface area (Å²) in [5.41, 5.74) is 0. The molecule has 0 unspecified atom stereocenters. The molecule has 0 spiro atoms. The number of hydrogen-bond donors (Lipinski definition) is 0. The van der Waals surface area contributed by atoms with E-state index in [0.717, 1.165) is 23.9 Å². The number of rotatable bonds is 18. The van der Waals surface area contributed by atoms with Gasteiger partial charge >= 0.3 is 5.97 Å². The van der Waals surface area contributed by atoms with Crippen LogP contribution in [0.5, 0.6) is 0 Å². The van der Waals surface area contributed by atoms with Crippen LogP contribution < -0.4 is 12.4 Å². The van der Waals surface area contributed by atoms with Crippen molar-refractivity contribution in [2.45, 2.75) is 96.8 Å². The number of hydrogen-bond acceptors (Lipinski definition) is 2. The Morgan fingerprint density at radius 2 is 1.26 bits per heavy atom. The second-order valence-corrected chi connectivity index (χ2v) is 8.57. The molecule has 162 valence electrons. The van der Waals surface area contributed by atoms with Crippen molar-refractivity contribution in [3.63, 3.8) is 0 Å². The van der Waals surface area contributed by atoms with Crippen molar-refractivity contribution in [1.29, 1.82) is 0 Å². The molecule has 27 heavy (non-hydrogen) atoms. The molecule has 0 fully saturated rings. The van der Waals surface area contributed by atoms with Crippen LogP contribution in [0.1, 0.15) is 96.8 Å². The highest BCUT2D eigenvalue weighted by Gasteiger charge is 2.09. The van der Waals surface area contributed by atoms with Gasteiger partial charge in [0.2, 0.25) is 0 Å². The largest absolute Gasteiger partial charge is 1.00 e. The molecule has 0 N–H and O–H groups in total. The fourth-order valence-electron chi connectivity index (χ4n) is 2.85. The maximum Gasteiger partial charge on any atom is 0.305 e. The molecule has 0 saturated heterocycles. The number of unbranched alkanes of at least 4 members (excludes halogenated alkanes) is 11. The Hall–Kier alpha value is -0.540. The summed E-state index contributed by atoms with van der Waals surface area (Å²) in [6, 6.07) is 0. The molecule has 3 nitrogen and oxygen atoms in total. The molecule has 0 aliphatic rings. The monoisotopic (exact) mass is 403 g/mol. The molecule has 0 aromatic heterocycles. The predicted molar refractivity (Wildman–Crippen MR) is 113 cm³/mol. The van der Waals surface area contributed by atoms with Gasteiger partial charge in [0, 0.05) is 6.42 Å². The summed E-state index contributed by atoms with van der Waals surface area (Å²) in [7, 11) is 6.33. The summed E-state index contributed by atoms with van der Waals surface area (Å²) in [4.78, 5) is 11.6. The Labute approximate surface area is 175 Å². The average Bonchev–Trinajstić information content (AvgIpc) is 2.57. The van der Waals surface area contributed by atoms with Gasteiger partial charge in [-0.25, -0.2) is 0 Å². The van der Waals surface area contributed by atoms with Crippen molar-refractivity contribution >= 4 is 5.97 Å². The fraction of sp³-hybridized carbons (Fsp3) is 0.870. The number of halogens is 1. The molecule has 0 aliphatic carbocycles. The van der Waals surface area contributed by atoms with E-state index >= 15 is 0 Å². The van der Waals surface area contributed by atoms with Crippen molar-refractivity contribution < 1.29 is 26.4 Å². The molecule has 0 saturated carbocycles. The molecule has 0 radical (unpaired) electrons. The molecule has 0 heterocycles. The van der Waals surface area contributed by atoms with Gasteiger partial charge in [-0.15, -0.1) is 0 Å². The summed E-state index contributed by atoms with van der Waals surface area (Å²) in [5.74, 6) is -0.0314. The zero-order valence-electron chi connectivity index (χ0n) is 18.6. The Balaban J connectivity index is 0. The normalized spacial score (nSPS) is 11.6. The average molecular weight is 404 g/mol. The second-order valence-electron chi connectivity index (χ2n) is 8.57. The highest BCUT2D eigenvalue weighted by atomic mass is 35.5. The van der Waals surface area contributed by atoms with Gasteiger partial charge in [0.15, 0.2) is 0 Å². The zero-order chi connectivity index (χ0) is 19.5. The standard InChI is InChI=1S/C23H46NO2.ClH/c1-5-6-7-8-9-10-11-12-13-14-15-16-17-18-19-20-23(25)26-22-21-24(2,3)4;/h12-13H,5-11,14-22H2,1-4H3;1H/q+1;/p-1. The van der Waals surface area contributed by atoms with E-state index in [0.29, 0.717) is 13.0 Å². The van der Waals surface area contributed by atoms with Crippen LogP contribution in [0.2, 0.25) is 0 Å². The lowest BCUT2D eigenvalue weighted by molar-refractivity contribution is -0.870. The molecule has 0 atom stereocenters. The third kappa shape index (κ3) is 25.5. The van der Waals surface area contributed by atoms with Gasteiger partial charge in [0.25, 0.3) is 0 Å². The lowest BCUT2D eigenvalue weighted by Gasteiger charge is -2.23. The van der Waals surface area contributed by atoms with Crippen LogP contribution >= 0.6 is 0 Å². The molecule has 0 aromatic carbocycles. The lowest BCUT2D eigenvalue weighted by Crippen LogP contribution is -3.00. The maximum atomic E-state index is 11.6. The minimum atomic E-state index is -0.0314. The number of ether oxygens (including phenoxy) is 1. The molecule has 0 rings (SSSR count). The number of quaternary nitrogens is 1. The number of likely N-dealkylation sites (N-methyl/N-ethyl adjacent to an activating group) is 1. The van der Waals surface area contributed by atoms with E-state index in [2.05, 4.69) is 40.2 Å². The molecular weight excluding hydrogens is 358 g/mol. The quantitative estimate of drug-likeness (QED) is 0.152. The van der Waals surface area contributed by atoms with Crippen molar-refractivity contribution in [1.82, 2.24) is 0 Å². The second kappa shape index (κ2) is 20.2. The van der Waals surface area contributed by atoms with Crippen molar-refractivity contribution in [2.75, 3.05) is 34.3 Å². The molecule has 0 aliphatic heterocycles. The summed E-state index contributed by atoms with van der Waals surface area (Å²) in [5, 5.41) is 0. The smallest absolute Gasteiger partial charge is 0.305 e. The first-order chi connectivity index (χ1) is 12.5. The van der Waals surface area contributed by atoms with E-state index < -0.39 is 0 Å². The minimum Gasteiger partial charge on any atom is -1.00 e. The number of allylic oxidation sites excluding steroid dienone is 2. The number of esters is 1. The summed E-state index contributed by atoms with van der Waals surface area (Å²) >= 11 is 0. The van der Waals surface area contributed by atoms with E-state index in [1.54, 1.807) is 0 Å². The number of nitrogens with zero attached hydrogens (tertiary/aromatic N) is 1. The third-order valence-corrected chi connectivity index (χ3v) is 4.67. The first kappa shape index (κ1) is 28.7. The minimum absolute atomic E-state index is 0.